The first kappa shape index (κ1) is 18.5. The number of aromatic hydroxyl groups is 1. The number of anilines is 1. The van der Waals surface area contributed by atoms with Gasteiger partial charge in [-0.15, -0.1) is 0 Å². The molecule has 1 unspecified atom stereocenters. The molecule has 0 spiro atoms. The second kappa shape index (κ2) is 7.98. The molecular weight excluding hydrogens is 328 g/mol. The minimum absolute atomic E-state index is 0.00463. The predicted molar refractivity (Wildman–Crippen MR) is 104 cm³/mol. The molecule has 140 valence electrons. The molecule has 0 aliphatic heterocycles. The minimum Gasteiger partial charge on any atom is -0.506 e. The van der Waals surface area contributed by atoms with Crippen molar-refractivity contribution in [2.45, 2.75) is 44.4 Å². The van der Waals surface area contributed by atoms with Crippen LogP contribution in [0.3, 0.4) is 0 Å². The van der Waals surface area contributed by atoms with E-state index in [4.69, 9.17) is 4.74 Å². The molecule has 0 amide bonds. The first-order valence-electron chi connectivity index (χ1n) is 9.13. The van der Waals surface area contributed by atoms with Gasteiger partial charge >= 0.3 is 0 Å². The number of methoxy groups -OCH3 is 1. The third kappa shape index (κ3) is 3.79. The zero-order valence-corrected chi connectivity index (χ0v) is 15.6. The van der Waals surface area contributed by atoms with E-state index in [1.165, 1.54) is 5.56 Å². The number of hydrogen-bond acceptors (Lipinski definition) is 5. The van der Waals surface area contributed by atoms with Crippen molar-refractivity contribution in [1.29, 1.82) is 0 Å². The summed E-state index contributed by atoms with van der Waals surface area (Å²) in [6, 6.07) is 11.8. The van der Waals surface area contributed by atoms with Gasteiger partial charge in [-0.1, -0.05) is 18.2 Å². The second-order valence-corrected chi connectivity index (χ2v) is 6.99. The minimum atomic E-state index is -0.579. The van der Waals surface area contributed by atoms with E-state index < -0.39 is 6.10 Å². The molecular formula is C21H28N2O3. The molecule has 3 atom stereocenters. The summed E-state index contributed by atoms with van der Waals surface area (Å²) in [6.07, 6.45) is 1.96. The van der Waals surface area contributed by atoms with Gasteiger partial charge in [-0.2, -0.15) is 0 Å². The number of nitrogens with one attached hydrogen (secondary N) is 2. The van der Waals surface area contributed by atoms with Crippen LogP contribution in [0.5, 0.6) is 11.5 Å². The highest BCUT2D eigenvalue weighted by Crippen LogP contribution is 2.39. The van der Waals surface area contributed by atoms with E-state index >= 15 is 0 Å². The molecule has 0 aromatic heterocycles. The summed E-state index contributed by atoms with van der Waals surface area (Å²) in [7, 11) is 3.46. The third-order valence-corrected chi connectivity index (χ3v) is 5.18. The summed E-state index contributed by atoms with van der Waals surface area (Å²) in [5.41, 5.74) is 3.87. The lowest BCUT2D eigenvalue weighted by Crippen LogP contribution is -2.44. The lowest BCUT2D eigenvalue weighted by atomic mass is 9.84. The Morgan fingerprint density at radius 1 is 1.19 bits per heavy atom. The topological polar surface area (TPSA) is 73.8 Å². The molecule has 26 heavy (non-hydrogen) atoms. The lowest BCUT2D eigenvalue weighted by molar-refractivity contribution is 0.109. The van der Waals surface area contributed by atoms with Crippen molar-refractivity contribution in [3.05, 3.63) is 53.1 Å². The molecule has 5 nitrogen and oxygen atoms in total. The van der Waals surface area contributed by atoms with Crippen molar-refractivity contribution in [3.63, 3.8) is 0 Å². The Morgan fingerprint density at radius 2 is 1.92 bits per heavy atom. The van der Waals surface area contributed by atoms with Crippen molar-refractivity contribution in [1.82, 2.24) is 5.32 Å². The molecule has 5 heteroatoms. The van der Waals surface area contributed by atoms with Crippen molar-refractivity contribution in [2.24, 2.45) is 0 Å². The SMILES string of the molecule is CNc1c(O)ccc2c1CC[C@@H](NC(C)Cc1ccc(OC)cc1)[C@@H]2O. The Balaban J connectivity index is 1.67. The van der Waals surface area contributed by atoms with Crippen LogP contribution in [-0.4, -0.2) is 36.5 Å². The summed E-state index contributed by atoms with van der Waals surface area (Å²) in [5, 5.41) is 27.4. The van der Waals surface area contributed by atoms with E-state index in [1.807, 2.05) is 18.2 Å². The smallest absolute Gasteiger partial charge is 0.138 e. The molecule has 1 aliphatic carbocycles. The number of aliphatic hydroxyl groups is 1. The zero-order chi connectivity index (χ0) is 18.7. The average Bonchev–Trinajstić information content (AvgIpc) is 2.64. The number of phenols is 1. The monoisotopic (exact) mass is 356 g/mol. The molecule has 4 N–H and O–H groups in total. The zero-order valence-electron chi connectivity index (χ0n) is 15.6. The van der Waals surface area contributed by atoms with Gasteiger partial charge in [0.2, 0.25) is 0 Å². The van der Waals surface area contributed by atoms with Gasteiger partial charge < -0.3 is 25.6 Å². The maximum atomic E-state index is 10.8. The lowest BCUT2D eigenvalue weighted by Gasteiger charge is -2.34. The van der Waals surface area contributed by atoms with Crippen LogP contribution >= 0.6 is 0 Å². The molecule has 0 fully saturated rings. The van der Waals surface area contributed by atoms with Gasteiger partial charge in [-0.05, 0) is 61.1 Å². The number of benzene rings is 2. The molecule has 0 saturated heterocycles. The van der Waals surface area contributed by atoms with Gasteiger partial charge in [0.25, 0.3) is 0 Å². The van der Waals surface area contributed by atoms with Crippen LogP contribution in [0.1, 0.15) is 36.1 Å². The second-order valence-electron chi connectivity index (χ2n) is 6.99. The van der Waals surface area contributed by atoms with Crippen molar-refractivity contribution < 1.29 is 14.9 Å². The number of aliphatic hydroxyl groups excluding tert-OH is 1. The van der Waals surface area contributed by atoms with Crippen LogP contribution in [0.2, 0.25) is 0 Å². The summed E-state index contributed by atoms with van der Waals surface area (Å²) in [4.78, 5) is 0. The van der Waals surface area contributed by atoms with E-state index in [1.54, 1.807) is 20.2 Å². The van der Waals surface area contributed by atoms with E-state index in [-0.39, 0.29) is 17.8 Å². The van der Waals surface area contributed by atoms with Crippen LogP contribution in [0.15, 0.2) is 36.4 Å². The van der Waals surface area contributed by atoms with Crippen LogP contribution in [0, 0.1) is 0 Å². The number of fused-ring (bicyclic) bond motifs is 1. The molecule has 1 aliphatic rings. The average molecular weight is 356 g/mol. The first-order valence-corrected chi connectivity index (χ1v) is 9.13. The number of ether oxygens (including phenoxy) is 1. The highest BCUT2D eigenvalue weighted by atomic mass is 16.5. The molecule has 0 saturated carbocycles. The Hall–Kier alpha value is -2.24. The van der Waals surface area contributed by atoms with Crippen LogP contribution < -0.4 is 15.4 Å². The van der Waals surface area contributed by atoms with Crippen molar-refractivity contribution >= 4 is 5.69 Å². The van der Waals surface area contributed by atoms with Gasteiger partial charge in [-0.25, -0.2) is 0 Å². The van der Waals surface area contributed by atoms with Gasteiger partial charge in [0.15, 0.2) is 0 Å². The predicted octanol–water partition coefficient (Wildman–Crippen LogP) is 3.01. The number of phenolic OH excluding ortho intramolecular Hbond substituents is 1. The Bertz CT molecular complexity index is 746. The normalized spacial score (nSPS) is 20.3. The Kier molecular flexibility index (Phi) is 5.69. The fraction of sp³-hybridized carbons (Fsp3) is 0.429. The first-order chi connectivity index (χ1) is 12.5. The largest absolute Gasteiger partial charge is 0.506 e. The number of hydrogen-bond donors (Lipinski definition) is 4. The van der Waals surface area contributed by atoms with Crippen LogP contribution in [-0.2, 0) is 12.8 Å². The van der Waals surface area contributed by atoms with Gasteiger partial charge in [0, 0.05) is 19.1 Å². The molecule has 0 bridgehead atoms. The Labute approximate surface area is 155 Å². The Morgan fingerprint density at radius 3 is 2.58 bits per heavy atom. The quantitative estimate of drug-likeness (QED) is 0.599. The van der Waals surface area contributed by atoms with E-state index in [2.05, 4.69) is 29.7 Å². The van der Waals surface area contributed by atoms with E-state index in [0.717, 1.165) is 41.8 Å². The van der Waals surface area contributed by atoms with Crippen molar-refractivity contribution in [3.8, 4) is 11.5 Å². The molecule has 0 radical (unpaired) electrons. The molecule has 0 heterocycles. The molecule has 3 rings (SSSR count). The van der Waals surface area contributed by atoms with Crippen LogP contribution in [0.4, 0.5) is 5.69 Å². The fourth-order valence-corrected chi connectivity index (χ4v) is 3.87. The highest BCUT2D eigenvalue weighted by Gasteiger charge is 2.30. The summed E-state index contributed by atoms with van der Waals surface area (Å²) in [6.45, 7) is 2.14. The summed E-state index contributed by atoms with van der Waals surface area (Å²) in [5.74, 6) is 1.09. The standard InChI is InChI=1S/C21H28N2O3/c1-13(12-14-4-6-15(26-3)7-5-14)23-18-10-8-16-17(21(18)25)9-11-19(24)20(16)22-2/h4-7,9,11,13,18,21-25H,8,10,12H2,1-3H3/t13?,18-,21-/m1/s1. The van der Waals surface area contributed by atoms with Crippen molar-refractivity contribution in [2.75, 3.05) is 19.5 Å². The molecule has 2 aromatic carbocycles. The van der Waals surface area contributed by atoms with E-state index in [9.17, 15) is 10.2 Å². The van der Waals surface area contributed by atoms with Gasteiger partial charge in [0.05, 0.1) is 18.9 Å². The van der Waals surface area contributed by atoms with E-state index in [0.29, 0.717) is 0 Å². The van der Waals surface area contributed by atoms with Gasteiger partial charge in [0.1, 0.15) is 11.5 Å². The van der Waals surface area contributed by atoms with Crippen LogP contribution in [0.25, 0.3) is 0 Å². The summed E-state index contributed by atoms with van der Waals surface area (Å²) < 4.78 is 5.20. The summed E-state index contributed by atoms with van der Waals surface area (Å²) >= 11 is 0. The fourth-order valence-electron chi connectivity index (χ4n) is 3.87. The number of rotatable bonds is 6. The maximum Gasteiger partial charge on any atom is 0.138 e. The molecule has 2 aromatic rings. The third-order valence-electron chi connectivity index (χ3n) is 5.18. The van der Waals surface area contributed by atoms with Gasteiger partial charge in [-0.3, -0.25) is 0 Å². The maximum absolute atomic E-state index is 10.8. The highest BCUT2D eigenvalue weighted by molar-refractivity contribution is 5.64.